The molecule has 0 saturated heterocycles. The first kappa shape index (κ1) is 45.1. The Morgan fingerprint density at radius 1 is 0.360 bits per heavy atom. The number of benzene rings is 12. The molecular weight excluding hydrogens is 907 g/mol. The number of furan rings is 1. The Morgan fingerprint density at radius 3 is 1.64 bits per heavy atom. The van der Waals surface area contributed by atoms with Crippen LogP contribution in [-0.4, -0.2) is 0 Å². The third-order valence-corrected chi connectivity index (χ3v) is 14.8. The van der Waals surface area contributed by atoms with Gasteiger partial charge < -0.3 is 9.32 Å². The minimum absolute atomic E-state index is 0.851. The highest BCUT2D eigenvalue weighted by atomic mass is 16.3. The molecule has 13 aromatic rings. The van der Waals surface area contributed by atoms with Crippen LogP contribution in [0.2, 0.25) is 0 Å². The summed E-state index contributed by atoms with van der Waals surface area (Å²) in [4.78, 5) is 2.42. The Labute approximate surface area is 437 Å². The fourth-order valence-corrected chi connectivity index (χ4v) is 11.1. The summed E-state index contributed by atoms with van der Waals surface area (Å²) < 4.78 is 6.58. The number of para-hydroxylation sites is 1. The topological polar surface area (TPSA) is 16.4 Å². The van der Waals surface area contributed by atoms with Crippen LogP contribution in [0.25, 0.3) is 115 Å². The molecule has 75 heavy (non-hydrogen) atoms. The molecule has 0 aliphatic heterocycles. The monoisotopic (exact) mass is 957 g/mol. The first-order chi connectivity index (χ1) is 37.1. The maximum Gasteiger partial charge on any atom is 0.137 e. The first-order valence-electron chi connectivity index (χ1n) is 25.7. The summed E-state index contributed by atoms with van der Waals surface area (Å²) in [6, 6.07) is 92.8. The summed E-state index contributed by atoms with van der Waals surface area (Å²) >= 11 is 0. The number of nitrogens with zero attached hydrogens (tertiary/aromatic N) is 1. The Morgan fingerprint density at radius 2 is 0.907 bits per heavy atom. The highest BCUT2D eigenvalue weighted by Gasteiger charge is 2.22. The SMILES string of the molecule is C=C/C=C\C=C(/C)c1cc(-c2cc3cc(N(c4ccc5c(c4)oc4ccccc45)c4cc5ccccc5c5ccccc45)ccc3cc2-c2ccc(-c3ccccc3)c(-c3ccccc3)c2)ccc1-c1ccccc1. The van der Waals surface area contributed by atoms with E-state index in [4.69, 9.17) is 4.42 Å². The largest absolute Gasteiger partial charge is 0.456 e. The molecule has 0 aliphatic rings. The van der Waals surface area contributed by atoms with Crippen molar-refractivity contribution in [3.63, 3.8) is 0 Å². The van der Waals surface area contributed by atoms with Gasteiger partial charge in [0.2, 0.25) is 0 Å². The van der Waals surface area contributed by atoms with E-state index in [-0.39, 0.29) is 0 Å². The van der Waals surface area contributed by atoms with Gasteiger partial charge in [-0.2, -0.15) is 0 Å². The highest BCUT2D eigenvalue weighted by Crippen LogP contribution is 2.47. The Kier molecular flexibility index (Phi) is 11.6. The van der Waals surface area contributed by atoms with Crippen molar-refractivity contribution >= 4 is 76.9 Å². The van der Waals surface area contributed by atoms with Gasteiger partial charge in [0.15, 0.2) is 0 Å². The predicted octanol–water partition coefficient (Wildman–Crippen LogP) is 21.0. The number of hydrogen-bond acceptors (Lipinski definition) is 2. The lowest BCUT2D eigenvalue weighted by Gasteiger charge is -2.28. The summed E-state index contributed by atoms with van der Waals surface area (Å²) in [5, 5.41) is 9.27. The quantitative estimate of drug-likeness (QED) is 0.0949. The number of fused-ring (bicyclic) bond motifs is 7. The van der Waals surface area contributed by atoms with Crippen LogP contribution in [0.15, 0.2) is 290 Å². The van der Waals surface area contributed by atoms with Crippen molar-refractivity contribution in [2.24, 2.45) is 0 Å². The third kappa shape index (κ3) is 8.39. The van der Waals surface area contributed by atoms with Gasteiger partial charge in [-0.3, -0.25) is 0 Å². The van der Waals surface area contributed by atoms with E-state index in [1.54, 1.807) is 0 Å². The second-order valence-corrected chi connectivity index (χ2v) is 19.3. The summed E-state index contributed by atoms with van der Waals surface area (Å²) in [7, 11) is 0. The maximum absolute atomic E-state index is 6.58. The third-order valence-electron chi connectivity index (χ3n) is 14.8. The molecule has 0 radical (unpaired) electrons. The summed E-state index contributed by atoms with van der Waals surface area (Å²) in [5.74, 6) is 0. The van der Waals surface area contributed by atoms with Crippen LogP contribution in [0.4, 0.5) is 17.1 Å². The zero-order valence-corrected chi connectivity index (χ0v) is 41.6. The lowest BCUT2D eigenvalue weighted by molar-refractivity contribution is 0.669. The average molecular weight is 958 g/mol. The molecule has 0 bridgehead atoms. The van der Waals surface area contributed by atoms with Crippen molar-refractivity contribution in [2.45, 2.75) is 6.92 Å². The molecule has 0 aliphatic carbocycles. The Balaban J connectivity index is 1.06. The molecule has 0 amide bonds. The number of allylic oxidation sites excluding steroid dienone is 5. The van der Waals surface area contributed by atoms with Gasteiger partial charge in [0.25, 0.3) is 0 Å². The van der Waals surface area contributed by atoms with E-state index in [0.29, 0.717) is 0 Å². The van der Waals surface area contributed by atoms with Crippen LogP contribution in [-0.2, 0) is 0 Å². The molecule has 0 atom stereocenters. The molecule has 0 unspecified atom stereocenters. The minimum atomic E-state index is 0.851. The summed E-state index contributed by atoms with van der Waals surface area (Å²) in [5.41, 5.74) is 18.9. The van der Waals surface area contributed by atoms with Gasteiger partial charge in [0.05, 0.1) is 5.69 Å². The standard InChI is InChI=1S/C73H51NO/c1-3-4-8-21-49(2)67-44-55(35-39-61(67)50-22-9-5-10-23-50)70-46-57-42-58(37-34-53(57)43-69(70)56-36-40-62(51-24-11-6-12-25-51)68(45-56)52-26-13-7-14-27-52)74(59-38-41-66-65-32-19-20-33-72(65)75-73(66)48-59)71-47-54-28-15-16-29-60(54)63-30-17-18-31-64(63)71/h3-48H,1H2,2H3/b8-4-,49-21+. The van der Waals surface area contributed by atoms with Gasteiger partial charge in [-0.05, 0) is 161 Å². The second kappa shape index (κ2) is 19.3. The zero-order chi connectivity index (χ0) is 50.2. The summed E-state index contributed by atoms with van der Waals surface area (Å²) in [6.45, 7) is 6.14. The van der Waals surface area contributed by atoms with E-state index < -0.39 is 0 Å². The van der Waals surface area contributed by atoms with Crippen molar-refractivity contribution in [3.05, 3.63) is 291 Å². The van der Waals surface area contributed by atoms with E-state index in [1.165, 1.54) is 60.5 Å². The second-order valence-electron chi connectivity index (χ2n) is 19.3. The number of anilines is 3. The van der Waals surface area contributed by atoms with E-state index in [2.05, 4.69) is 279 Å². The van der Waals surface area contributed by atoms with Crippen LogP contribution < -0.4 is 4.90 Å². The molecule has 2 heteroatoms. The van der Waals surface area contributed by atoms with Crippen LogP contribution in [0.1, 0.15) is 12.5 Å². The molecule has 12 aromatic carbocycles. The van der Waals surface area contributed by atoms with Crippen LogP contribution in [0.3, 0.4) is 0 Å². The molecular formula is C73H51NO. The first-order valence-corrected chi connectivity index (χ1v) is 25.7. The lowest BCUT2D eigenvalue weighted by atomic mass is 9.85. The van der Waals surface area contributed by atoms with Crippen LogP contribution in [0.5, 0.6) is 0 Å². The van der Waals surface area contributed by atoms with Gasteiger partial charge in [-0.15, -0.1) is 0 Å². The Hall–Kier alpha value is -9.76. The average Bonchev–Trinajstić information content (AvgIpc) is 3.87. The molecule has 0 spiro atoms. The summed E-state index contributed by atoms with van der Waals surface area (Å²) in [6.07, 6.45) is 8.06. The normalized spacial score (nSPS) is 11.9. The number of rotatable bonds is 11. The van der Waals surface area contributed by atoms with Crippen molar-refractivity contribution in [1.29, 1.82) is 0 Å². The fraction of sp³-hybridized carbons (Fsp3) is 0.0137. The van der Waals surface area contributed by atoms with Crippen LogP contribution >= 0.6 is 0 Å². The fourth-order valence-electron chi connectivity index (χ4n) is 11.1. The zero-order valence-electron chi connectivity index (χ0n) is 41.6. The molecule has 354 valence electrons. The molecule has 0 fully saturated rings. The van der Waals surface area contributed by atoms with Gasteiger partial charge >= 0.3 is 0 Å². The molecule has 1 aromatic heterocycles. The minimum Gasteiger partial charge on any atom is -0.456 e. The smallest absolute Gasteiger partial charge is 0.137 e. The number of hydrogen-bond donors (Lipinski definition) is 0. The van der Waals surface area contributed by atoms with Crippen molar-refractivity contribution < 1.29 is 4.42 Å². The molecule has 13 rings (SSSR count). The van der Waals surface area contributed by atoms with Crippen LogP contribution in [0, 0.1) is 0 Å². The van der Waals surface area contributed by atoms with E-state index in [0.717, 1.165) is 77.6 Å². The van der Waals surface area contributed by atoms with E-state index in [9.17, 15) is 0 Å². The van der Waals surface area contributed by atoms with Gasteiger partial charge in [0.1, 0.15) is 11.2 Å². The van der Waals surface area contributed by atoms with Crippen molar-refractivity contribution in [2.75, 3.05) is 4.90 Å². The maximum atomic E-state index is 6.58. The van der Waals surface area contributed by atoms with Gasteiger partial charge in [-0.1, -0.05) is 219 Å². The predicted molar refractivity (Wildman–Crippen MR) is 321 cm³/mol. The highest BCUT2D eigenvalue weighted by molar-refractivity contribution is 6.15. The molecule has 0 saturated carbocycles. The molecule has 1 heterocycles. The molecule has 2 nitrogen and oxygen atoms in total. The van der Waals surface area contributed by atoms with Crippen molar-refractivity contribution in [1.82, 2.24) is 0 Å². The Bertz CT molecular complexity index is 4370. The van der Waals surface area contributed by atoms with Gasteiger partial charge in [-0.25, -0.2) is 0 Å². The van der Waals surface area contributed by atoms with Gasteiger partial charge in [0, 0.05) is 33.6 Å². The lowest BCUT2D eigenvalue weighted by Crippen LogP contribution is -2.10. The van der Waals surface area contributed by atoms with E-state index >= 15 is 0 Å². The molecule has 0 N–H and O–H groups in total. The van der Waals surface area contributed by atoms with E-state index in [1.807, 2.05) is 18.2 Å². The van der Waals surface area contributed by atoms with Crippen molar-refractivity contribution in [3.8, 4) is 55.6 Å².